The number of hydrogen-bond donors (Lipinski definition) is 0. The molecular formula is C18H26O3. The Kier molecular flexibility index (Phi) is 4.14. The molecule has 0 amide bonds. The van der Waals surface area contributed by atoms with Crippen LogP contribution in [0.4, 0.5) is 0 Å². The van der Waals surface area contributed by atoms with Crippen LogP contribution in [0.1, 0.15) is 47.0 Å². The minimum atomic E-state index is -0.389. The van der Waals surface area contributed by atoms with Gasteiger partial charge in [-0.15, -0.1) is 6.58 Å². The van der Waals surface area contributed by atoms with Crippen LogP contribution in [0.2, 0.25) is 0 Å². The highest BCUT2D eigenvalue weighted by molar-refractivity contribution is 6.05. The van der Waals surface area contributed by atoms with Crippen molar-refractivity contribution in [3.63, 3.8) is 0 Å². The van der Waals surface area contributed by atoms with Crippen molar-refractivity contribution >= 4 is 11.8 Å². The number of ether oxygens (including phenoxy) is 1. The third kappa shape index (κ3) is 2.27. The van der Waals surface area contributed by atoms with Gasteiger partial charge in [-0.05, 0) is 43.1 Å². The van der Waals surface area contributed by atoms with E-state index in [2.05, 4.69) is 27.4 Å². The van der Waals surface area contributed by atoms with Crippen LogP contribution in [0, 0.1) is 22.7 Å². The summed E-state index contributed by atoms with van der Waals surface area (Å²) < 4.78 is 5.12. The zero-order valence-electron chi connectivity index (χ0n) is 13.6. The monoisotopic (exact) mass is 290 g/mol. The summed E-state index contributed by atoms with van der Waals surface area (Å²) in [6.45, 7) is 12.3. The van der Waals surface area contributed by atoms with E-state index in [0.29, 0.717) is 13.0 Å². The Hall–Kier alpha value is -1.38. The largest absolute Gasteiger partial charge is 0.466 e. The lowest BCUT2D eigenvalue weighted by atomic mass is 9.70. The first-order chi connectivity index (χ1) is 9.79. The van der Waals surface area contributed by atoms with Gasteiger partial charge in [0.1, 0.15) is 0 Å². The summed E-state index contributed by atoms with van der Waals surface area (Å²) in [5.74, 6) is -0.164. The molecule has 0 aliphatic heterocycles. The van der Waals surface area contributed by atoms with E-state index in [9.17, 15) is 9.59 Å². The first-order valence-electron chi connectivity index (χ1n) is 7.83. The van der Waals surface area contributed by atoms with Crippen LogP contribution in [0.5, 0.6) is 0 Å². The summed E-state index contributed by atoms with van der Waals surface area (Å²) >= 11 is 0. The average molecular weight is 290 g/mol. The van der Waals surface area contributed by atoms with Gasteiger partial charge in [-0.25, -0.2) is 0 Å². The van der Waals surface area contributed by atoms with Crippen molar-refractivity contribution in [2.24, 2.45) is 22.7 Å². The van der Waals surface area contributed by atoms with Gasteiger partial charge in [0.05, 0.1) is 12.5 Å². The van der Waals surface area contributed by atoms with Gasteiger partial charge in [0.15, 0.2) is 5.78 Å². The molecule has 0 aromatic rings. The van der Waals surface area contributed by atoms with Gasteiger partial charge in [0.25, 0.3) is 0 Å². The predicted octanol–water partition coefficient (Wildman–Crippen LogP) is 3.69. The Morgan fingerprint density at radius 1 is 1.48 bits per heavy atom. The lowest BCUT2D eigenvalue weighted by Crippen LogP contribution is -2.32. The Morgan fingerprint density at radius 2 is 2.14 bits per heavy atom. The molecule has 116 valence electrons. The molecule has 3 atom stereocenters. The van der Waals surface area contributed by atoms with E-state index >= 15 is 0 Å². The number of carbonyl (C=O) groups is 2. The maximum Gasteiger partial charge on any atom is 0.313 e. The molecule has 2 bridgehead atoms. The van der Waals surface area contributed by atoms with E-state index in [1.807, 2.05) is 6.08 Å². The molecule has 2 fully saturated rings. The number of rotatable bonds is 5. The highest BCUT2D eigenvalue weighted by atomic mass is 16.5. The van der Waals surface area contributed by atoms with E-state index in [4.69, 9.17) is 4.74 Å². The number of ketones is 1. The summed E-state index contributed by atoms with van der Waals surface area (Å²) in [6, 6.07) is 0. The van der Waals surface area contributed by atoms with Gasteiger partial charge in [-0.3, -0.25) is 9.59 Å². The van der Waals surface area contributed by atoms with E-state index in [-0.39, 0.29) is 34.4 Å². The molecule has 21 heavy (non-hydrogen) atoms. The number of Topliss-reactive ketones (excluding diaryl/α,β-unsaturated/α-hetero) is 1. The zero-order valence-corrected chi connectivity index (χ0v) is 13.6. The molecule has 0 heterocycles. The Morgan fingerprint density at radius 3 is 2.62 bits per heavy atom. The molecule has 2 aliphatic carbocycles. The lowest BCUT2D eigenvalue weighted by Gasteiger charge is -2.31. The van der Waals surface area contributed by atoms with Crippen molar-refractivity contribution in [1.82, 2.24) is 0 Å². The molecule has 0 radical (unpaired) electrons. The van der Waals surface area contributed by atoms with Crippen LogP contribution < -0.4 is 0 Å². The molecule has 0 N–H and O–H groups in total. The minimum Gasteiger partial charge on any atom is -0.466 e. The minimum absolute atomic E-state index is 0.0245. The van der Waals surface area contributed by atoms with Crippen LogP contribution in [0.15, 0.2) is 24.3 Å². The SMILES string of the molecule is C=CCC(C=C1C(=O)C2(C)CCC1C2(C)C)C(=O)OCC. The number of allylic oxidation sites excluding steroid dienone is 2. The van der Waals surface area contributed by atoms with Crippen molar-refractivity contribution in [2.75, 3.05) is 6.61 Å². The quantitative estimate of drug-likeness (QED) is 0.440. The van der Waals surface area contributed by atoms with Gasteiger partial charge >= 0.3 is 5.97 Å². The van der Waals surface area contributed by atoms with Crippen LogP contribution in [0.25, 0.3) is 0 Å². The van der Waals surface area contributed by atoms with Crippen molar-refractivity contribution < 1.29 is 14.3 Å². The first-order valence-corrected chi connectivity index (χ1v) is 7.83. The fourth-order valence-electron chi connectivity index (χ4n) is 4.00. The normalized spacial score (nSPS) is 33.2. The number of hydrogen-bond acceptors (Lipinski definition) is 3. The lowest BCUT2D eigenvalue weighted by molar-refractivity contribution is -0.146. The standard InChI is InChI=1S/C18H26O3/c1-6-8-12(16(20)21-7-2)11-13-14-9-10-18(5,15(13)19)17(14,3)4/h6,11-12,14H,1,7-10H2,2-5H3. The van der Waals surface area contributed by atoms with Crippen molar-refractivity contribution in [3.8, 4) is 0 Å². The predicted molar refractivity (Wildman–Crippen MR) is 82.6 cm³/mol. The van der Waals surface area contributed by atoms with Gasteiger partial charge in [0.2, 0.25) is 0 Å². The van der Waals surface area contributed by atoms with E-state index in [1.165, 1.54) is 0 Å². The van der Waals surface area contributed by atoms with Gasteiger partial charge in [-0.2, -0.15) is 0 Å². The molecular weight excluding hydrogens is 264 g/mol. The summed E-state index contributed by atoms with van der Waals surface area (Å²) in [6.07, 6.45) is 6.07. The molecule has 0 aromatic carbocycles. The molecule has 2 aliphatic rings. The number of fused-ring (bicyclic) bond motifs is 2. The summed E-state index contributed by atoms with van der Waals surface area (Å²) in [5, 5.41) is 0. The molecule has 0 aromatic heterocycles. The molecule has 2 saturated carbocycles. The highest BCUT2D eigenvalue weighted by Crippen LogP contribution is 2.65. The second-order valence-corrected chi connectivity index (χ2v) is 6.98. The van der Waals surface area contributed by atoms with Gasteiger partial charge < -0.3 is 4.74 Å². The first kappa shape index (κ1) is 16.0. The second-order valence-electron chi connectivity index (χ2n) is 6.98. The highest BCUT2D eigenvalue weighted by Gasteiger charge is 2.63. The summed E-state index contributed by atoms with van der Waals surface area (Å²) in [5.41, 5.74) is 0.536. The van der Waals surface area contributed by atoms with Crippen LogP contribution in [-0.4, -0.2) is 18.4 Å². The van der Waals surface area contributed by atoms with E-state index in [0.717, 1.165) is 18.4 Å². The van der Waals surface area contributed by atoms with E-state index < -0.39 is 0 Å². The molecule has 3 heteroatoms. The third-order valence-corrected chi connectivity index (χ3v) is 5.76. The molecule has 3 unspecified atom stereocenters. The van der Waals surface area contributed by atoms with Crippen LogP contribution in [-0.2, 0) is 14.3 Å². The summed E-state index contributed by atoms with van der Waals surface area (Å²) in [4.78, 5) is 24.8. The number of esters is 1. The fraction of sp³-hybridized carbons (Fsp3) is 0.667. The Labute approximate surface area is 127 Å². The second kappa shape index (κ2) is 5.43. The molecule has 2 rings (SSSR count). The van der Waals surface area contributed by atoms with Crippen LogP contribution in [0.3, 0.4) is 0 Å². The van der Waals surface area contributed by atoms with E-state index in [1.54, 1.807) is 13.0 Å². The maximum absolute atomic E-state index is 12.8. The molecule has 3 nitrogen and oxygen atoms in total. The van der Waals surface area contributed by atoms with Crippen molar-refractivity contribution in [1.29, 1.82) is 0 Å². The molecule has 0 saturated heterocycles. The average Bonchev–Trinajstić information content (AvgIpc) is 2.72. The maximum atomic E-state index is 12.8. The summed E-state index contributed by atoms with van der Waals surface area (Å²) in [7, 11) is 0. The Bertz CT molecular complexity index is 501. The zero-order chi connectivity index (χ0) is 15.8. The van der Waals surface area contributed by atoms with Gasteiger partial charge in [0, 0.05) is 5.41 Å². The molecule has 0 spiro atoms. The third-order valence-electron chi connectivity index (χ3n) is 5.76. The van der Waals surface area contributed by atoms with Gasteiger partial charge in [-0.1, -0.05) is 32.9 Å². The fourth-order valence-corrected chi connectivity index (χ4v) is 4.00. The Balaban J connectivity index is 2.34. The smallest absolute Gasteiger partial charge is 0.313 e. The van der Waals surface area contributed by atoms with Crippen molar-refractivity contribution in [2.45, 2.75) is 47.0 Å². The van der Waals surface area contributed by atoms with Crippen molar-refractivity contribution in [3.05, 3.63) is 24.3 Å². The topological polar surface area (TPSA) is 43.4 Å². The number of carbonyl (C=O) groups excluding carboxylic acids is 2. The van der Waals surface area contributed by atoms with Crippen LogP contribution >= 0.6 is 0 Å².